The number of hydrogen-bond acceptors (Lipinski definition) is 3. The van der Waals surface area contributed by atoms with E-state index in [1.165, 1.54) is 0 Å². The Labute approximate surface area is 93.6 Å². The first-order valence-electron chi connectivity index (χ1n) is 4.28. The van der Waals surface area contributed by atoms with Crippen molar-refractivity contribution >= 4 is 7.60 Å². The summed E-state index contributed by atoms with van der Waals surface area (Å²) in [5.41, 5.74) is 0. The molecule has 0 aliphatic carbocycles. The topological polar surface area (TPSA) is 35.5 Å². The average molecular weight is 288 g/mol. The number of hydrogen-bond donors (Lipinski definition) is 0. The molecule has 0 saturated carbocycles. The van der Waals surface area contributed by atoms with Crippen molar-refractivity contribution in [1.29, 1.82) is 0 Å². The number of alkyl halides is 6. The van der Waals surface area contributed by atoms with E-state index in [-0.39, 0.29) is 0 Å². The molecule has 3 nitrogen and oxygen atoms in total. The molecule has 0 amide bonds. The summed E-state index contributed by atoms with van der Waals surface area (Å²) in [7, 11) is -4.46. The predicted octanol–water partition coefficient (Wildman–Crippen LogP) is 3.75. The third-order valence-electron chi connectivity index (χ3n) is 2.40. The summed E-state index contributed by atoms with van der Waals surface area (Å²) in [5, 5.41) is -4.52. The van der Waals surface area contributed by atoms with Crippen molar-refractivity contribution in [1.82, 2.24) is 0 Å². The van der Waals surface area contributed by atoms with E-state index in [9.17, 15) is 30.9 Å². The third kappa shape index (κ3) is 2.32. The summed E-state index contributed by atoms with van der Waals surface area (Å²) in [6.07, 6.45) is -13.1. The zero-order valence-electron chi connectivity index (χ0n) is 9.15. The highest BCUT2D eigenvalue weighted by molar-refractivity contribution is 7.55. The van der Waals surface area contributed by atoms with Gasteiger partial charge in [0, 0.05) is 14.2 Å². The van der Waals surface area contributed by atoms with Crippen molar-refractivity contribution in [2.45, 2.75) is 30.9 Å². The smallest absolute Gasteiger partial charge is 0.311 e. The Morgan fingerprint density at radius 1 is 0.941 bits per heavy atom. The normalized spacial score (nSPS) is 15.1. The van der Waals surface area contributed by atoms with E-state index in [1.807, 2.05) is 0 Å². The van der Waals surface area contributed by atoms with Crippen molar-refractivity contribution in [3.8, 4) is 0 Å². The first-order valence-corrected chi connectivity index (χ1v) is 5.83. The predicted molar refractivity (Wildman–Crippen MR) is 46.8 cm³/mol. The van der Waals surface area contributed by atoms with E-state index in [0.29, 0.717) is 21.1 Å². The minimum absolute atomic E-state index is 0.478. The summed E-state index contributed by atoms with van der Waals surface area (Å²) >= 11 is 0. The molecular weight excluding hydrogens is 277 g/mol. The SMILES string of the molecule is CCC(C(F)(F)F)(C(F)(F)F)P(=O)(OC)OC. The molecule has 10 heteroatoms. The van der Waals surface area contributed by atoms with E-state index in [2.05, 4.69) is 9.05 Å². The molecule has 0 radical (unpaired) electrons. The van der Waals surface area contributed by atoms with E-state index in [0.717, 1.165) is 0 Å². The van der Waals surface area contributed by atoms with Crippen molar-refractivity contribution < 1.29 is 40.0 Å². The van der Waals surface area contributed by atoms with Gasteiger partial charge in [0.1, 0.15) is 0 Å². The van der Waals surface area contributed by atoms with Crippen LogP contribution < -0.4 is 0 Å². The van der Waals surface area contributed by atoms with Crippen LogP contribution in [-0.2, 0) is 13.6 Å². The highest BCUT2D eigenvalue weighted by Gasteiger charge is 2.80. The van der Waals surface area contributed by atoms with E-state index >= 15 is 0 Å². The van der Waals surface area contributed by atoms with Gasteiger partial charge in [0.25, 0.3) is 5.16 Å². The highest BCUT2D eigenvalue weighted by Crippen LogP contribution is 2.71. The van der Waals surface area contributed by atoms with Gasteiger partial charge in [-0.1, -0.05) is 6.92 Å². The van der Waals surface area contributed by atoms with Gasteiger partial charge < -0.3 is 9.05 Å². The molecular formula is C7H11F6O3P. The van der Waals surface area contributed by atoms with Crippen LogP contribution in [-0.4, -0.2) is 31.7 Å². The Balaban J connectivity index is 6.14. The molecule has 0 bridgehead atoms. The number of rotatable bonds is 4. The number of halogens is 6. The fourth-order valence-electron chi connectivity index (χ4n) is 1.45. The molecule has 0 saturated heterocycles. The van der Waals surface area contributed by atoms with Crippen LogP contribution in [0.2, 0.25) is 0 Å². The molecule has 0 aliphatic rings. The second-order valence-electron chi connectivity index (χ2n) is 3.07. The van der Waals surface area contributed by atoms with Crippen LogP contribution in [0.5, 0.6) is 0 Å². The highest BCUT2D eigenvalue weighted by atomic mass is 31.2. The molecule has 0 unspecified atom stereocenters. The lowest BCUT2D eigenvalue weighted by Gasteiger charge is -2.39. The van der Waals surface area contributed by atoms with Gasteiger partial charge >= 0.3 is 19.9 Å². The van der Waals surface area contributed by atoms with Gasteiger partial charge in [-0.15, -0.1) is 0 Å². The summed E-state index contributed by atoms with van der Waals surface area (Å²) in [6, 6.07) is 0. The zero-order valence-corrected chi connectivity index (χ0v) is 10.0. The Morgan fingerprint density at radius 3 is 1.29 bits per heavy atom. The zero-order chi connectivity index (χ0) is 14.1. The Bertz CT molecular complexity index is 288. The monoisotopic (exact) mass is 288 g/mol. The summed E-state index contributed by atoms with van der Waals surface area (Å²) in [4.78, 5) is 0. The minimum Gasteiger partial charge on any atom is -0.311 e. The van der Waals surface area contributed by atoms with Gasteiger partial charge in [0.15, 0.2) is 0 Å². The fraction of sp³-hybridized carbons (Fsp3) is 1.00. The van der Waals surface area contributed by atoms with Crippen molar-refractivity contribution in [3.63, 3.8) is 0 Å². The van der Waals surface area contributed by atoms with E-state index in [1.54, 1.807) is 0 Å². The summed E-state index contributed by atoms with van der Waals surface area (Å²) < 4.78 is 95.5. The van der Waals surface area contributed by atoms with Crippen molar-refractivity contribution in [2.75, 3.05) is 14.2 Å². The molecule has 0 aromatic rings. The van der Waals surface area contributed by atoms with Gasteiger partial charge in [-0.3, -0.25) is 4.57 Å². The van der Waals surface area contributed by atoms with Crippen molar-refractivity contribution in [3.05, 3.63) is 0 Å². The van der Waals surface area contributed by atoms with Crippen LogP contribution in [0.25, 0.3) is 0 Å². The quantitative estimate of drug-likeness (QED) is 0.584. The lowest BCUT2D eigenvalue weighted by atomic mass is 10.0. The van der Waals surface area contributed by atoms with Crippen LogP contribution in [0.1, 0.15) is 13.3 Å². The standard InChI is InChI=1S/C7H11F6O3P/c1-4-5(6(8,9)10,7(11,12)13)17(14,15-2)16-3/h4H2,1-3H3. The molecule has 0 heterocycles. The molecule has 0 aliphatic heterocycles. The molecule has 0 spiro atoms. The molecule has 104 valence electrons. The van der Waals surface area contributed by atoms with Gasteiger partial charge in [-0.05, 0) is 6.42 Å². The fourth-order valence-corrected chi connectivity index (χ4v) is 3.23. The van der Waals surface area contributed by atoms with Crippen LogP contribution in [0.3, 0.4) is 0 Å². The summed E-state index contributed by atoms with van der Waals surface area (Å²) in [5.74, 6) is 0. The Kier molecular flexibility index (Phi) is 4.70. The van der Waals surface area contributed by atoms with Gasteiger partial charge in [0.2, 0.25) is 0 Å². The first kappa shape index (κ1) is 16.7. The minimum atomic E-state index is -5.80. The largest absolute Gasteiger partial charge is 0.414 e. The molecule has 0 aromatic heterocycles. The molecule has 0 aromatic carbocycles. The molecule has 0 N–H and O–H groups in total. The molecule has 17 heavy (non-hydrogen) atoms. The van der Waals surface area contributed by atoms with Gasteiger partial charge in [-0.2, -0.15) is 26.3 Å². The maximum Gasteiger partial charge on any atom is 0.414 e. The lowest BCUT2D eigenvalue weighted by molar-refractivity contribution is -0.273. The maximum absolute atomic E-state index is 12.7. The molecule has 0 fully saturated rings. The Hall–Kier alpha value is -0.270. The second kappa shape index (κ2) is 4.78. The average Bonchev–Trinajstić information content (AvgIpc) is 2.14. The van der Waals surface area contributed by atoms with Crippen LogP contribution in [0.4, 0.5) is 26.3 Å². The van der Waals surface area contributed by atoms with Crippen LogP contribution in [0.15, 0.2) is 0 Å². The third-order valence-corrected chi connectivity index (χ3v) is 5.12. The van der Waals surface area contributed by atoms with E-state index in [4.69, 9.17) is 0 Å². The lowest BCUT2D eigenvalue weighted by Crippen LogP contribution is -2.56. The summed E-state index contributed by atoms with van der Waals surface area (Å²) in [6.45, 7) is 0.617. The second-order valence-corrected chi connectivity index (χ2v) is 5.56. The van der Waals surface area contributed by atoms with Gasteiger partial charge in [0.05, 0.1) is 0 Å². The first-order chi connectivity index (χ1) is 7.43. The van der Waals surface area contributed by atoms with Crippen LogP contribution in [0, 0.1) is 0 Å². The van der Waals surface area contributed by atoms with Crippen LogP contribution >= 0.6 is 7.60 Å². The van der Waals surface area contributed by atoms with Crippen molar-refractivity contribution in [2.24, 2.45) is 0 Å². The van der Waals surface area contributed by atoms with Gasteiger partial charge in [-0.25, -0.2) is 0 Å². The Morgan fingerprint density at radius 2 is 1.24 bits per heavy atom. The maximum atomic E-state index is 12.7. The molecule has 0 atom stereocenters. The molecule has 0 rings (SSSR count). The van der Waals surface area contributed by atoms with E-state index < -0.39 is 31.5 Å².